The molecular formula is C25H29N3O6. The van der Waals surface area contributed by atoms with Crippen molar-refractivity contribution in [2.75, 3.05) is 33.3 Å². The van der Waals surface area contributed by atoms with E-state index in [2.05, 4.69) is 4.90 Å². The number of hydrogen-bond donors (Lipinski definition) is 1. The van der Waals surface area contributed by atoms with Crippen molar-refractivity contribution in [3.8, 4) is 5.75 Å². The van der Waals surface area contributed by atoms with Gasteiger partial charge >= 0.3 is 0 Å². The smallest absolute Gasteiger partial charge is 0.295 e. The van der Waals surface area contributed by atoms with Gasteiger partial charge in [0.05, 0.1) is 23.6 Å². The third-order valence-corrected chi connectivity index (χ3v) is 6.18. The second-order valence-electron chi connectivity index (χ2n) is 8.05. The van der Waals surface area contributed by atoms with E-state index in [9.17, 15) is 24.8 Å². The molecule has 0 radical (unpaired) electrons. The molecule has 1 aliphatic rings. The number of likely N-dealkylation sites (N-methyl/N-ethyl adjacent to an activating group) is 1. The van der Waals surface area contributed by atoms with Crippen molar-refractivity contribution in [3.63, 3.8) is 0 Å². The molecule has 9 heteroatoms. The van der Waals surface area contributed by atoms with Gasteiger partial charge in [-0.1, -0.05) is 13.8 Å². The summed E-state index contributed by atoms with van der Waals surface area (Å²) in [4.78, 5) is 40.3. The molecule has 1 N–H and O–H groups in total. The highest BCUT2D eigenvalue weighted by Gasteiger charge is 2.46. The minimum atomic E-state index is -0.862. The lowest BCUT2D eigenvalue weighted by molar-refractivity contribution is -0.384. The number of Topliss-reactive ketones (excluding diaryl/α,β-unsaturated/α-hetero) is 1. The SMILES string of the molecule is CCN(CC)CCN1C(=O)C(=O)C(=C(O)c2ccc(OC)c(C)c2)[C@H]1c1ccc([N+](=O)[O-])cc1. The Bertz CT molecular complexity index is 1120. The van der Waals surface area contributed by atoms with Crippen molar-refractivity contribution in [2.45, 2.75) is 26.8 Å². The van der Waals surface area contributed by atoms with E-state index >= 15 is 0 Å². The zero-order valence-corrected chi connectivity index (χ0v) is 19.8. The number of nitrogens with zero attached hydrogens (tertiary/aromatic N) is 3. The molecule has 9 nitrogen and oxygen atoms in total. The molecule has 1 atom stereocenters. The number of amides is 1. The fraction of sp³-hybridized carbons (Fsp3) is 0.360. The maximum atomic E-state index is 13.1. The van der Waals surface area contributed by atoms with Crippen LogP contribution in [-0.4, -0.2) is 64.8 Å². The molecule has 0 aromatic heterocycles. The number of carbonyl (C=O) groups excluding carboxylic acids is 2. The van der Waals surface area contributed by atoms with Crippen LogP contribution in [0.5, 0.6) is 5.75 Å². The number of non-ortho nitro benzene ring substituents is 1. The van der Waals surface area contributed by atoms with Gasteiger partial charge in [0.15, 0.2) is 0 Å². The average molecular weight is 468 g/mol. The van der Waals surface area contributed by atoms with Gasteiger partial charge in [0, 0.05) is 30.8 Å². The van der Waals surface area contributed by atoms with Crippen LogP contribution in [0, 0.1) is 17.0 Å². The molecule has 1 fully saturated rings. The van der Waals surface area contributed by atoms with Crippen molar-refractivity contribution in [1.82, 2.24) is 9.80 Å². The minimum Gasteiger partial charge on any atom is -0.507 e. The molecule has 0 unspecified atom stereocenters. The van der Waals surface area contributed by atoms with E-state index in [4.69, 9.17) is 4.74 Å². The van der Waals surface area contributed by atoms with Gasteiger partial charge < -0.3 is 19.6 Å². The first-order chi connectivity index (χ1) is 16.2. The number of rotatable bonds is 9. The molecule has 1 heterocycles. The lowest BCUT2D eigenvalue weighted by atomic mass is 9.94. The lowest BCUT2D eigenvalue weighted by Crippen LogP contribution is -2.38. The molecule has 1 saturated heterocycles. The molecule has 1 amide bonds. The zero-order valence-electron chi connectivity index (χ0n) is 19.8. The van der Waals surface area contributed by atoms with E-state index < -0.39 is 22.7 Å². The van der Waals surface area contributed by atoms with Crippen molar-refractivity contribution >= 4 is 23.1 Å². The summed E-state index contributed by atoms with van der Waals surface area (Å²) in [6, 6.07) is 9.83. The summed E-state index contributed by atoms with van der Waals surface area (Å²) in [5, 5.41) is 22.3. The van der Waals surface area contributed by atoms with Crippen LogP contribution >= 0.6 is 0 Å². The van der Waals surface area contributed by atoms with E-state index in [1.807, 2.05) is 20.8 Å². The molecule has 0 spiro atoms. The normalized spacial score (nSPS) is 17.4. The molecule has 0 bridgehead atoms. The maximum absolute atomic E-state index is 13.1. The first kappa shape index (κ1) is 24.9. The number of benzene rings is 2. The van der Waals surface area contributed by atoms with Crippen LogP contribution in [0.25, 0.3) is 5.76 Å². The van der Waals surface area contributed by atoms with Crippen molar-refractivity contribution in [1.29, 1.82) is 0 Å². The number of aliphatic hydroxyl groups excluding tert-OH is 1. The van der Waals surface area contributed by atoms with E-state index in [1.54, 1.807) is 18.2 Å². The summed E-state index contributed by atoms with van der Waals surface area (Å²) >= 11 is 0. The zero-order chi connectivity index (χ0) is 25.0. The molecule has 2 aromatic rings. The Morgan fingerprint density at radius 1 is 1.15 bits per heavy atom. The van der Waals surface area contributed by atoms with E-state index in [-0.39, 0.29) is 23.6 Å². The van der Waals surface area contributed by atoms with E-state index in [1.165, 1.54) is 36.3 Å². The van der Waals surface area contributed by atoms with Gasteiger partial charge in [-0.15, -0.1) is 0 Å². The summed E-state index contributed by atoms with van der Waals surface area (Å²) in [5.74, 6) is -1.16. The van der Waals surface area contributed by atoms with E-state index in [0.717, 1.165) is 18.7 Å². The molecule has 0 aliphatic carbocycles. The number of nitro groups is 1. The number of likely N-dealkylation sites (tertiary alicyclic amines) is 1. The monoisotopic (exact) mass is 467 g/mol. The molecule has 34 heavy (non-hydrogen) atoms. The van der Waals surface area contributed by atoms with Crippen molar-refractivity contribution < 1.29 is 24.4 Å². The number of aryl methyl sites for hydroxylation is 1. The summed E-state index contributed by atoms with van der Waals surface area (Å²) < 4.78 is 5.27. The van der Waals surface area contributed by atoms with Crippen LogP contribution in [-0.2, 0) is 9.59 Å². The van der Waals surface area contributed by atoms with Gasteiger partial charge in [-0.3, -0.25) is 19.7 Å². The first-order valence-corrected chi connectivity index (χ1v) is 11.1. The molecule has 2 aromatic carbocycles. The highest BCUT2D eigenvalue weighted by atomic mass is 16.6. The van der Waals surface area contributed by atoms with Gasteiger partial charge in [-0.2, -0.15) is 0 Å². The third kappa shape index (κ3) is 4.79. The fourth-order valence-electron chi connectivity index (χ4n) is 4.21. The van der Waals surface area contributed by atoms with Crippen LogP contribution in [0.2, 0.25) is 0 Å². The standard InChI is InChI=1S/C25H29N3O6/c1-5-26(6-2)13-14-27-22(17-7-10-19(11-8-17)28(32)33)21(24(30)25(27)31)23(29)18-9-12-20(34-4)16(3)15-18/h7-12,15,22,29H,5-6,13-14H2,1-4H3/t22-/m1/s1. The largest absolute Gasteiger partial charge is 0.507 e. The van der Waals surface area contributed by atoms with E-state index in [0.29, 0.717) is 23.4 Å². The van der Waals surface area contributed by atoms with Gasteiger partial charge in [0.2, 0.25) is 0 Å². The Morgan fingerprint density at radius 3 is 2.32 bits per heavy atom. The second kappa shape index (κ2) is 10.5. The number of ether oxygens (including phenoxy) is 1. The molecular weight excluding hydrogens is 438 g/mol. The minimum absolute atomic E-state index is 0.0389. The summed E-state index contributed by atoms with van der Waals surface area (Å²) in [6.07, 6.45) is 0. The molecule has 180 valence electrons. The van der Waals surface area contributed by atoms with Crippen LogP contribution < -0.4 is 4.74 Å². The van der Waals surface area contributed by atoms with Crippen LogP contribution in [0.3, 0.4) is 0 Å². The average Bonchev–Trinajstić information content (AvgIpc) is 3.09. The molecule has 1 aliphatic heterocycles. The third-order valence-electron chi connectivity index (χ3n) is 6.18. The van der Waals surface area contributed by atoms with Crippen molar-refractivity contribution in [2.24, 2.45) is 0 Å². The second-order valence-corrected chi connectivity index (χ2v) is 8.05. The number of methoxy groups -OCH3 is 1. The Hall–Kier alpha value is -3.72. The number of nitro benzene ring substituents is 1. The van der Waals surface area contributed by atoms with Gasteiger partial charge in [-0.25, -0.2) is 0 Å². The lowest BCUT2D eigenvalue weighted by Gasteiger charge is -2.28. The summed E-state index contributed by atoms with van der Waals surface area (Å²) in [7, 11) is 1.54. The van der Waals surface area contributed by atoms with Crippen LogP contribution in [0.15, 0.2) is 48.0 Å². The Labute approximate surface area is 198 Å². The van der Waals surface area contributed by atoms with Crippen LogP contribution in [0.1, 0.15) is 36.6 Å². The topological polar surface area (TPSA) is 113 Å². The fourth-order valence-corrected chi connectivity index (χ4v) is 4.21. The predicted octanol–water partition coefficient (Wildman–Crippen LogP) is 3.68. The predicted molar refractivity (Wildman–Crippen MR) is 128 cm³/mol. The number of ketones is 1. The van der Waals surface area contributed by atoms with Crippen LogP contribution in [0.4, 0.5) is 5.69 Å². The first-order valence-electron chi connectivity index (χ1n) is 11.1. The Morgan fingerprint density at radius 2 is 1.79 bits per heavy atom. The number of hydrogen-bond acceptors (Lipinski definition) is 7. The molecule has 0 saturated carbocycles. The number of aliphatic hydroxyl groups is 1. The highest BCUT2D eigenvalue weighted by Crippen LogP contribution is 2.40. The highest BCUT2D eigenvalue weighted by molar-refractivity contribution is 6.46. The number of carbonyl (C=O) groups is 2. The molecule has 3 rings (SSSR count). The quantitative estimate of drug-likeness (QED) is 0.197. The maximum Gasteiger partial charge on any atom is 0.295 e. The van der Waals surface area contributed by atoms with Gasteiger partial charge in [0.25, 0.3) is 17.4 Å². The van der Waals surface area contributed by atoms with Gasteiger partial charge in [-0.05, 0) is 61.5 Å². The summed E-state index contributed by atoms with van der Waals surface area (Å²) in [6.45, 7) is 8.22. The summed E-state index contributed by atoms with van der Waals surface area (Å²) in [5.41, 5.74) is 1.51. The Balaban J connectivity index is 2.12. The van der Waals surface area contributed by atoms with Gasteiger partial charge in [0.1, 0.15) is 11.5 Å². The van der Waals surface area contributed by atoms with Crippen molar-refractivity contribution in [3.05, 3.63) is 74.8 Å². The Kier molecular flexibility index (Phi) is 7.68.